The highest BCUT2D eigenvalue weighted by atomic mass is 32.2. The summed E-state index contributed by atoms with van der Waals surface area (Å²) in [4.78, 5) is 14.3. The molecule has 7 heteroatoms. The Morgan fingerprint density at radius 2 is 2.05 bits per heavy atom. The summed E-state index contributed by atoms with van der Waals surface area (Å²) in [5, 5.41) is 5.10. The van der Waals surface area contributed by atoms with Crippen LogP contribution >= 0.6 is 0 Å². The zero-order valence-electron chi connectivity index (χ0n) is 12.0. The molecule has 1 aliphatic rings. The van der Waals surface area contributed by atoms with Gasteiger partial charge < -0.3 is 9.47 Å². The summed E-state index contributed by atoms with van der Waals surface area (Å²) in [5.74, 6) is 0.476. The molecule has 2 heterocycles. The second-order valence-corrected chi connectivity index (χ2v) is 7.26. The van der Waals surface area contributed by atoms with Crippen molar-refractivity contribution in [2.45, 2.75) is 37.6 Å². The third-order valence-corrected chi connectivity index (χ3v) is 4.81. The summed E-state index contributed by atoms with van der Waals surface area (Å²) in [7, 11) is -2.13. The summed E-state index contributed by atoms with van der Waals surface area (Å²) in [6.07, 6.45) is 3.32. The zero-order valence-corrected chi connectivity index (χ0v) is 12.9. The average molecular weight is 299 g/mol. The van der Waals surface area contributed by atoms with Crippen molar-refractivity contribution < 1.29 is 13.2 Å². The van der Waals surface area contributed by atoms with Gasteiger partial charge in [-0.2, -0.15) is 0 Å². The van der Waals surface area contributed by atoms with Crippen LogP contribution in [0.15, 0.2) is 17.2 Å². The lowest BCUT2D eigenvalue weighted by Crippen LogP contribution is -2.44. The lowest BCUT2D eigenvalue weighted by atomic mass is 9.93. The molecule has 1 saturated heterocycles. The molecule has 2 N–H and O–H groups in total. The number of likely N-dealkylation sites (tertiary alicyclic amines) is 1. The third kappa shape index (κ3) is 2.88. The summed E-state index contributed by atoms with van der Waals surface area (Å²) in [6.45, 7) is 4.91. The molecule has 1 aliphatic heterocycles. The van der Waals surface area contributed by atoms with Crippen LogP contribution in [0.4, 0.5) is 0 Å². The van der Waals surface area contributed by atoms with Gasteiger partial charge in [-0.15, -0.1) is 0 Å². The van der Waals surface area contributed by atoms with Gasteiger partial charge in [0.1, 0.15) is 10.6 Å². The van der Waals surface area contributed by atoms with Crippen LogP contribution in [0, 0.1) is 5.92 Å². The molecule has 1 aromatic rings. The predicted molar refractivity (Wildman–Crippen MR) is 75.7 cm³/mol. The molecular formula is C13H21N3O3S. The van der Waals surface area contributed by atoms with Crippen LogP contribution in [0.25, 0.3) is 0 Å². The number of rotatable bonds is 2. The molecule has 1 amide bonds. The molecule has 0 radical (unpaired) electrons. The second-order valence-electron chi connectivity index (χ2n) is 5.69. The van der Waals surface area contributed by atoms with E-state index in [2.05, 4.69) is 6.92 Å². The van der Waals surface area contributed by atoms with Gasteiger partial charge in [-0.3, -0.25) is 4.79 Å². The number of nitrogens with two attached hydrogens (primary N) is 1. The zero-order chi connectivity index (χ0) is 15.1. The molecule has 0 spiro atoms. The fraction of sp³-hybridized carbons (Fsp3) is 0.615. The van der Waals surface area contributed by atoms with E-state index >= 15 is 0 Å². The monoisotopic (exact) mass is 299 g/mol. The number of hydrogen-bond donors (Lipinski definition) is 1. The first kappa shape index (κ1) is 15.1. The average Bonchev–Trinajstić information content (AvgIpc) is 2.70. The van der Waals surface area contributed by atoms with E-state index in [0.29, 0.717) is 18.2 Å². The van der Waals surface area contributed by atoms with Crippen molar-refractivity contribution in [1.29, 1.82) is 0 Å². The van der Waals surface area contributed by atoms with Gasteiger partial charge in [0.05, 0.1) is 0 Å². The lowest BCUT2D eigenvalue weighted by Gasteiger charge is -2.36. The molecule has 0 bridgehead atoms. The molecule has 6 nitrogen and oxygen atoms in total. The van der Waals surface area contributed by atoms with Crippen molar-refractivity contribution in [3.8, 4) is 0 Å². The molecular weight excluding hydrogens is 278 g/mol. The number of nitrogens with zero attached hydrogens (tertiary/aromatic N) is 2. The number of piperidine rings is 1. The first-order chi connectivity index (χ1) is 9.20. The summed E-state index contributed by atoms with van der Waals surface area (Å²) < 4.78 is 24.2. The summed E-state index contributed by atoms with van der Waals surface area (Å²) in [6, 6.07) is 1.52. The largest absolute Gasteiger partial charge is 0.345 e. The minimum Gasteiger partial charge on any atom is -0.345 e. The Kier molecular flexibility index (Phi) is 3.93. The highest BCUT2D eigenvalue weighted by Gasteiger charge is 2.29. The van der Waals surface area contributed by atoms with Gasteiger partial charge in [-0.1, -0.05) is 6.92 Å². The van der Waals surface area contributed by atoms with Crippen LogP contribution < -0.4 is 5.14 Å². The van der Waals surface area contributed by atoms with E-state index in [4.69, 9.17) is 5.14 Å². The number of primary sulfonamides is 1. The number of aryl methyl sites for hydroxylation is 1. The van der Waals surface area contributed by atoms with E-state index in [9.17, 15) is 13.2 Å². The van der Waals surface area contributed by atoms with Crippen molar-refractivity contribution >= 4 is 15.9 Å². The topological polar surface area (TPSA) is 85.4 Å². The lowest BCUT2D eigenvalue weighted by molar-refractivity contribution is 0.0579. The highest BCUT2D eigenvalue weighted by molar-refractivity contribution is 7.89. The summed E-state index contributed by atoms with van der Waals surface area (Å²) >= 11 is 0. The standard InChI is InChI=1S/C13H21N3O3S/c1-9-4-5-16(10(2)6-9)13(17)12-7-11(8-15(12)3)20(14,18)19/h7-10H,4-6H2,1-3H3,(H2,14,18,19). The van der Waals surface area contributed by atoms with Crippen molar-refractivity contribution in [1.82, 2.24) is 9.47 Å². The summed E-state index contributed by atoms with van der Waals surface area (Å²) in [5.41, 5.74) is 0.357. The first-order valence-electron chi connectivity index (χ1n) is 6.70. The fourth-order valence-electron chi connectivity index (χ4n) is 2.76. The van der Waals surface area contributed by atoms with Crippen molar-refractivity contribution in [3.05, 3.63) is 18.0 Å². The molecule has 1 fully saturated rings. The van der Waals surface area contributed by atoms with E-state index in [0.717, 1.165) is 12.8 Å². The third-order valence-electron chi connectivity index (χ3n) is 3.93. The van der Waals surface area contributed by atoms with Gasteiger partial charge in [0.2, 0.25) is 10.0 Å². The van der Waals surface area contributed by atoms with Gasteiger partial charge in [0, 0.05) is 25.8 Å². The molecule has 0 aliphatic carbocycles. The van der Waals surface area contributed by atoms with E-state index in [1.54, 1.807) is 7.05 Å². The van der Waals surface area contributed by atoms with Crippen molar-refractivity contribution in [2.75, 3.05) is 6.54 Å². The molecule has 2 rings (SSSR count). The Labute approximate surface area is 119 Å². The van der Waals surface area contributed by atoms with Crippen LogP contribution in [0.2, 0.25) is 0 Å². The number of sulfonamides is 1. The number of carbonyl (C=O) groups is 1. The predicted octanol–water partition coefficient (Wildman–Crippen LogP) is 0.933. The molecule has 1 aromatic heterocycles. The van der Waals surface area contributed by atoms with Gasteiger partial charge >= 0.3 is 0 Å². The van der Waals surface area contributed by atoms with Gasteiger partial charge in [-0.05, 0) is 31.7 Å². The van der Waals surface area contributed by atoms with Crippen molar-refractivity contribution in [2.24, 2.45) is 18.1 Å². The highest BCUT2D eigenvalue weighted by Crippen LogP contribution is 2.24. The normalized spacial score (nSPS) is 23.9. The number of hydrogen-bond acceptors (Lipinski definition) is 3. The number of aromatic nitrogens is 1. The molecule has 0 aromatic carbocycles. The SMILES string of the molecule is CC1CCN(C(=O)c2cc(S(N)(=O)=O)cn2C)C(C)C1. The maximum Gasteiger partial charge on any atom is 0.270 e. The van der Waals surface area contributed by atoms with E-state index in [1.807, 2.05) is 11.8 Å². The quantitative estimate of drug-likeness (QED) is 0.881. The Bertz CT molecular complexity index is 621. The van der Waals surface area contributed by atoms with E-state index in [-0.39, 0.29) is 16.8 Å². The maximum absolute atomic E-state index is 12.5. The Morgan fingerprint density at radius 1 is 1.40 bits per heavy atom. The minimum atomic E-state index is -3.78. The van der Waals surface area contributed by atoms with E-state index in [1.165, 1.54) is 16.8 Å². The van der Waals surface area contributed by atoms with Gasteiger partial charge in [-0.25, -0.2) is 13.6 Å². The smallest absolute Gasteiger partial charge is 0.270 e. The van der Waals surface area contributed by atoms with Gasteiger partial charge in [0.15, 0.2) is 0 Å². The van der Waals surface area contributed by atoms with Crippen LogP contribution in [0.5, 0.6) is 0 Å². The maximum atomic E-state index is 12.5. The van der Waals surface area contributed by atoms with Gasteiger partial charge in [0.25, 0.3) is 5.91 Å². The first-order valence-corrected chi connectivity index (χ1v) is 8.25. The molecule has 2 unspecified atom stereocenters. The van der Waals surface area contributed by atoms with Crippen LogP contribution in [0.1, 0.15) is 37.2 Å². The molecule has 2 atom stereocenters. The fourth-order valence-corrected chi connectivity index (χ4v) is 3.34. The Morgan fingerprint density at radius 3 is 2.55 bits per heavy atom. The minimum absolute atomic E-state index is 0.0265. The Hall–Kier alpha value is -1.34. The number of carbonyl (C=O) groups excluding carboxylic acids is 1. The van der Waals surface area contributed by atoms with Crippen molar-refractivity contribution in [3.63, 3.8) is 0 Å². The van der Waals surface area contributed by atoms with Crippen LogP contribution in [-0.4, -0.2) is 36.4 Å². The van der Waals surface area contributed by atoms with Crippen LogP contribution in [0.3, 0.4) is 0 Å². The Balaban J connectivity index is 2.28. The van der Waals surface area contributed by atoms with Crippen LogP contribution in [-0.2, 0) is 17.1 Å². The number of amides is 1. The molecule has 20 heavy (non-hydrogen) atoms. The molecule has 112 valence electrons. The van der Waals surface area contributed by atoms with E-state index < -0.39 is 10.0 Å². The molecule has 0 saturated carbocycles. The second kappa shape index (κ2) is 5.21.